The van der Waals surface area contributed by atoms with Crippen molar-refractivity contribution in [3.05, 3.63) is 46.4 Å². The molecule has 3 N–H and O–H groups in total. The van der Waals surface area contributed by atoms with Crippen molar-refractivity contribution in [1.29, 1.82) is 0 Å². The van der Waals surface area contributed by atoms with Crippen LogP contribution in [-0.4, -0.2) is 19.9 Å². The van der Waals surface area contributed by atoms with E-state index in [1.54, 1.807) is 30.5 Å². The molecule has 0 spiro atoms. The summed E-state index contributed by atoms with van der Waals surface area (Å²) < 4.78 is 26.6. The number of rotatable bonds is 6. The summed E-state index contributed by atoms with van der Waals surface area (Å²) >= 11 is 1.42. The van der Waals surface area contributed by atoms with Crippen LogP contribution in [0.4, 0.5) is 0 Å². The van der Waals surface area contributed by atoms with Crippen molar-refractivity contribution in [1.82, 2.24) is 9.71 Å². The van der Waals surface area contributed by atoms with Crippen molar-refractivity contribution >= 4 is 21.4 Å². The lowest BCUT2D eigenvalue weighted by Crippen LogP contribution is -2.23. The third-order valence-corrected chi connectivity index (χ3v) is 4.76. The topological polar surface area (TPSA) is 85.1 Å². The van der Waals surface area contributed by atoms with E-state index in [0.717, 1.165) is 17.0 Å². The molecule has 5 nitrogen and oxygen atoms in total. The molecule has 102 valence electrons. The number of hydrogen-bond acceptors (Lipinski definition) is 5. The minimum absolute atomic E-state index is 0.213. The van der Waals surface area contributed by atoms with Crippen LogP contribution in [0.5, 0.6) is 0 Å². The summed E-state index contributed by atoms with van der Waals surface area (Å²) in [5, 5.41) is 2.55. The van der Waals surface area contributed by atoms with Crippen LogP contribution in [0, 0.1) is 0 Å². The molecule has 2 aromatic rings. The Bertz CT molecular complexity index is 607. The van der Waals surface area contributed by atoms with E-state index >= 15 is 0 Å². The maximum Gasteiger partial charge on any atom is 0.240 e. The molecule has 1 aromatic carbocycles. The fourth-order valence-electron chi connectivity index (χ4n) is 1.58. The summed E-state index contributed by atoms with van der Waals surface area (Å²) in [7, 11) is -3.48. The Morgan fingerprint density at radius 1 is 1.26 bits per heavy atom. The zero-order chi connectivity index (χ0) is 13.7. The molecule has 0 amide bonds. The summed E-state index contributed by atoms with van der Waals surface area (Å²) in [6, 6.07) is 6.75. The van der Waals surface area contributed by atoms with E-state index in [-0.39, 0.29) is 11.4 Å². The molecule has 7 heteroatoms. The molecule has 0 saturated heterocycles. The second-order valence-electron chi connectivity index (χ2n) is 3.93. The molecule has 0 bridgehead atoms. The highest BCUT2D eigenvalue weighted by molar-refractivity contribution is 7.89. The van der Waals surface area contributed by atoms with E-state index in [1.165, 1.54) is 11.3 Å². The standard InChI is InChI=1S/C12H15N3O2S2/c13-6-5-10-1-3-11(4-2-10)19(16,17)15-9-12-14-7-8-18-12/h1-4,7-8,15H,5-6,9,13H2. The van der Waals surface area contributed by atoms with E-state index in [9.17, 15) is 8.42 Å². The van der Waals surface area contributed by atoms with Crippen molar-refractivity contribution in [3.8, 4) is 0 Å². The van der Waals surface area contributed by atoms with Gasteiger partial charge in [-0.25, -0.2) is 18.1 Å². The van der Waals surface area contributed by atoms with Crippen LogP contribution in [-0.2, 0) is 23.0 Å². The Morgan fingerprint density at radius 2 is 2.00 bits per heavy atom. The molecule has 0 saturated carbocycles. The average molecular weight is 297 g/mol. The largest absolute Gasteiger partial charge is 0.330 e. The lowest BCUT2D eigenvalue weighted by atomic mass is 10.2. The molecule has 0 unspecified atom stereocenters. The number of benzene rings is 1. The van der Waals surface area contributed by atoms with Crippen LogP contribution >= 0.6 is 11.3 Å². The molecule has 0 radical (unpaired) electrons. The van der Waals surface area contributed by atoms with Gasteiger partial charge in [-0.1, -0.05) is 12.1 Å². The van der Waals surface area contributed by atoms with Crippen LogP contribution in [0.2, 0.25) is 0 Å². The highest BCUT2D eigenvalue weighted by Gasteiger charge is 2.13. The molecule has 19 heavy (non-hydrogen) atoms. The molecule has 0 aliphatic carbocycles. The quantitative estimate of drug-likeness (QED) is 0.837. The van der Waals surface area contributed by atoms with E-state index in [4.69, 9.17) is 5.73 Å². The van der Waals surface area contributed by atoms with Gasteiger partial charge in [-0.15, -0.1) is 11.3 Å². The fraction of sp³-hybridized carbons (Fsp3) is 0.250. The monoisotopic (exact) mass is 297 g/mol. The maximum absolute atomic E-state index is 12.0. The summed E-state index contributed by atoms with van der Waals surface area (Å²) in [5.41, 5.74) is 6.48. The second kappa shape index (κ2) is 6.25. The minimum atomic E-state index is -3.48. The first-order chi connectivity index (χ1) is 9.12. The van der Waals surface area contributed by atoms with E-state index in [0.29, 0.717) is 6.54 Å². The van der Waals surface area contributed by atoms with Crippen LogP contribution in [0.3, 0.4) is 0 Å². The van der Waals surface area contributed by atoms with Crippen molar-refractivity contribution < 1.29 is 8.42 Å². The first-order valence-corrected chi connectivity index (χ1v) is 8.15. The summed E-state index contributed by atoms with van der Waals surface area (Å²) in [6.07, 6.45) is 2.39. The van der Waals surface area contributed by atoms with Gasteiger partial charge in [0.15, 0.2) is 0 Å². The molecular weight excluding hydrogens is 282 g/mol. The third kappa shape index (κ3) is 3.84. The van der Waals surface area contributed by atoms with Crippen LogP contribution < -0.4 is 10.5 Å². The summed E-state index contributed by atoms with van der Waals surface area (Å²) in [5.74, 6) is 0. The van der Waals surface area contributed by atoms with Crippen LogP contribution in [0.25, 0.3) is 0 Å². The Morgan fingerprint density at radius 3 is 2.58 bits per heavy atom. The first kappa shape index (κ1) is 14.1. The Labute approximate surface area is 116 Å². The van der Waals surface area contributed by atoms with Crippen LogP contribution in [0.1, 0.15) is 10.6 Å². The third-order valence-electron chi connectivity index (χ3n) is 2.56. The van der Waals surface area contributed by atoms with E-state index < -0.39 is 10.0 Å². The molecule has 2 rings (SSSR count). The molecule has 1 aromatic heterocycles. The minimum Gasteiger partial charge on any atom is -0.330 e. The first-order valence-electron chi connectivity index (χ1n) is 5.79. The normalized spacial score (nSPS) is 11.6. The highest BCUT2D eigenvalue weighted by atomic mass is 32.2. The average Bonchev–Trinajstić information content (AvgIpc) is 2.91. The fourth-order valence-corrected chi connectivity index (χ4v) is 3.22. The number of aromatic nitrogens is 1. The molecule has 0 aliphatic rings. The van der Waals surface area contributed by atoms with Gasteiger partial charge >= 0.3 is 0 Å². The molecule has 1 heterocycles. The smallest absolute Gasteiger partial charge is 0.240 e. The Kier molecular flexibility index (Phi) is 4.65. The van der Waals surface area contributed by atoms with Gasteiger partial charge < -0.3 is 5.73 Å². The predicted molar refractivity (Wildman–Crippen MR) is 75.3 cm³/mol. The summed E-state index contributed by atoms with van der Waals surface area (Å²) in [6.45, 7) is 0.763. The van der Waals surface area contributed by atoms with E-state index in [1.807, 2.05) is 5.38 Å². The predicted octanol–water partition coefficient (Wildman–Crippen LogP) is 1.12. The van der Waals surface area contributed by atoms with Gasteiger partial charge in [0.1, 0.15) is 5.01 Å². The van der Waals surface area contributed by atoms with Gasteiger partial charge in [-0.3, -0.25) is 0 Å². The number of nitrogens with two attached hydrogens (primary N) is 1. The van der Waals surface area contributed by atoms with Crippen LogP contribution in [0.15, 0.2) is 40.7 Å². The number of hydrogen-bond donors (Lipinski definition) is 2. The summed E-state index contributed by atoms with van der Waals surface area (Å²) in [4.78, 5) is 4.28. The molecule has 0 atom stereocenters. The lowest BCUT2D eigenvalue weighted by Gasteiger charge is -2.06. The van der Waals surface area contributed by atoms with Gasteiger partial charge in [0.2, 0.25) is 10.0 Å². The lowest BCUT2D eigenvalue weighted by molar-refractivity contribution is 0.581. The van der Waals surface area contributed by atoms with E-state index in [2.05, 4.69) is 9.71 Å². The van der Waals surface area contributed by atoms with Gasteiger partial charge in [-0.2, -0.15) is 0 Å². The molecule has 0 fully saturated rings. The van der Waals surface area contributed by atoms with Gasteiger partial charge in [0, 0.05) is 11.6 Å². The number of sulfonamides is 1. The molecule has 0 aliphatic heterocycles. The number of nitrogens with one attached hydrogen (secondary N) is 1. The SMILES string of the molecule is NCCc1ccc(S(=O)(=O)NCc2nccs2)cc1. The van der Waals surface area contributed by atoms with Crippen molar-refractivity contribution in [2.75, 3.05) is 6.54 Å². The Hall–Kier alpha value is -1.28. The van der Waals surface area contributed by atoms with Crippen molar-refractivity contribution in [3.63, 3.8) is 0 Å². The van der Waals surface area contributed by atoms with Crippen molar-refractivity contribution in [2.45, 2.75) is 17.9 Å². The van der Waals surface area contributed by atoms with Gasteiger partial charge in [-0.05, 0) is 30.7 Å². The number of nitrogens with zero attached hydrogens (tertiary/aromatic N) is 1. The Balaban J connectivity index is 2.06. The molecular formula is C12H15N3O2S2. The van der Waals surface area contributed by atoms with Gasteiger partial charge in [0.05, 0.1) is 11.4 Å². The number of thiazole rings is 1. The zero-order valence-corrected chi connectivity index (χ0v) is 11.9. The van der Waals surface area contributed by atoms with Crippen molar-refractivity contribution in [2.24, 2.45) is 5.73 Å². The van der Waals surface area contributed by atoms with Gasteiger partial charge in [0.25, 0.3) is 0 Å². The maximum atomic E-state index is 12.0. The zero-order valence-electron chi connectivity index (χ0n) is 10.2. The second-order valence-corrected chi connectivity index (χ2v) is 6.68. The highest BCUT2D eigenvalue weighted by Crippen LogP contribution is 2.12.